The number of amides is 2. The van der Waals surface area contributed by atoms with E-state index in [2.05, 4.69) is 19.2 Å². The molecule has 2 amide bonds. The summed E-state index contributed by atoms with van der Waals surface area (Å²) in [7, 11) is 0. The second-order valence-electron chi connectivity index (χ2n) is 7.82. The minimum Gasteiger partial charge on any atom is -0.455 e. The average Bonchev–Trinajstić information content (AvgIpc) is 3.29. The molecular formula is C21H28N2O4. The minimum absolute atomic E-state index is 0.0264. The maximum absolute atomic E-state index is 12.2. The molecule has 6 heteroatoms. The molecule has 27 heavy (non-hydrogen) atoms. The third-order valence-corrected chi connectivity index (χ3v) is 5.46. The molecule has 1 heterocycles. The van der Waals surface area contributed by atoms with Gasteiger partial charge in [-0.1, -0.05) is 38.8 Å². The zero-order valence-corrected chi connectivity index (χ0v) is 16.1. The third-order valence-electron chi connectivity index (χ3n) is 5.46. The van der Waals surface area contributed by atoms with E-state index >= 15 is 0 Å². The molecule has 6 nitrogen and oxygen atoms in total. The molecule has 3 rings (SSSR count). The molecule has 1 atom stereocenters. The second-order valence-corrected chi connectivity index (χ2v) is 7.82. The maximum atomic E-state index is 12.2. The van der Waals surface area contributed by atoms with Gasteiger partial charge in [0.05, 0.1) is 5.92 Å². The van der Waals surface area contributed by atoms with Crippen LogP contribution >= 0.6 is 0 Å². The highest BCUT2D eigenvalue weighted by Gasteiger charge is 2.39. The molecule has 1 aromatic rings. The largest absolute Gasteiger partial charge is 0.455 e. The van der Waals surface area contributed by atoms with Crippen LogP contribution in [0.4, 0.5) is 5.69 Å². The molecule has 2 fully saturated rings. The first-order valence-electron chi connectivity index (χ1n) is 9.80. The van der Waals surface area contributed by atoms with Gasteiger partial charge in [0.15, 0.2) is 6.61 Å². The normalized spacial score (nSPS) is 20.3. The summed E-state index contributed by atoms with van der Waals surface area (Å²) in [6.07, 6.45) is 4.51. The van der Waals surface area contributed by atoms with Crippen molar-refractivity contribution < 1.29 is 19.1 Å². The van der Waals surface area contributed by atoms with Crippen molar-refractivity contribution in [2.75, 3.05) is 18.5 Å². The van der Waals surface area contributed by atoms with Gasteiger partial charge in [0.25, 0.3) is 5.91 Å². The fraction of sp³-hybridized carbons (Fsp3) is 0.571. The zero-order chi connectivity index (χ0) is 19.4. The predicted octanol–water partition coefficient (Wildman–Crippen LogP) is 3.08. The lowest BCUT2D eigenvalue weighted by Gasteiger charge is -2.23. The van der Waals surface area contributed by atoms with E-state index in [1.54, 1.807) is 0 Å². The lowest BCUT2D eigenvalue weighted by atomic mass is 10.0. The van der Waals surface area contributed by atoms with Crippen LogP contribution in [-0.4, -0.2) is 41.9 Å². The number of nitrogens with one attached hydrogen (secondary N) is 1. The fourth-order valence-corrected chi connectivity index (χ4v) is 3.86. The van der Waals surface area contributed by atoms with Crippen molar-refractivity contribution in [3.05, 3.63) is 29.8 Å². The first-order valence-corrected chi connectivity index (χ1v) is 9.80. The number of nitrogens with zero attached hydrogens (tertiary/aromatic N) is 1. The monoisotopic (exact) mass is 372 g/mol. The Kier molecular flexibility index (Phi) is 6.14. The predicted molar refractivity (Wildman–Crippen MR) is 102 cm³/mol. The zero-order valence-electron chi connectivity index (χ0n) is 16.1. The Morgan fingerprint density at radius 2 is 1.85 bits per heavy atom. The van der Waals surface area contributed by atoms with Crippen LogP contribution in [0.2, 0.25) is 0 Å². The number of carbonyl (C=O) groups is 3. The van der Waals surface area contributed by atoms with Gasteiger partial charge in [-0.2, -0.15) is 0 Å². The van der Waals surface area contributed by atoms with Gasteiger partial charge >= 0.3 is 5.97 Å². The van der Waals surface area contributed by atoms with Gasteiger partial charge in [-0.3, -0.25) is 14.4 Å². The molecule has 1 aliphatic heterocycles. The Bertz CT molecular complexity index is 693. The third kappa shape index (κ3) is 4.87. The SMILES string of the molecule is CC(C)c1ccc(NC(=O)COC(=O)[C@@H]2CC(=O)N(C3CCCC3)C2)cc1. The molecule has 1 saturated heterocycles. The van der Waals surface area contributed by atoms with Crippen molar-refractivity contribution in [3.63, 3.8) is 0 Å². The van der Waals surface area contributed by atoms with Gasteiger partial charge in [0.2, 0.25) is 5.91 Å². The number of anilines is 1. The lowest BCUT2D eigenvalue weighted by Crippen LogP contribution is -2.35. The second kappa shape index (κ2) is 8.55. The quantitative estimate of drug-likeness (QED) is 0.779. The van der Waals surface area contributed by atoms with Crippen molar-refractivity contribution >= 4 is 23.5 Å². The molecule has 0 spiro atoms. The molecule has 0 radical (unpaired) electrons. The van der Waals surface area contributed by atoms with E-state index in [0.29, 0.717) is 18.2 Å². The van der Waals surface area contributed by atoms with Crippen molar-refractivity contribution in [3.8, 4) is 0 Å². The van der Waals surface area contributed by atoms with Crippen LogP contribution in [0.25, 0.3) is 0 Å². The molecule has 2 aliphatic rings. The van der Waals surface area contributed by atoms with E-state index in [4.69, 9.17) is 4.74 Å². The van der Waals surface area contributed by atoms with E-state index in [1.165, 1.54) is 5.56 Å². The molecular weight excluding hydrogens is 344 g/mol. The van der Waals surface area contributed by atoms with Gasteiger partial charge in [-0.25, -0.2) is 0 Å². The van der Waals surface area contributed by atoms with Crippen molar-refractivity contribution in [2.24, 2.45) is 5.92 Å². The number of hydrogen-bond acceptors (Lipinski definition) is 4. The lowest BCUT2D eigenvalue weighted by molar-refractivity contribution is -0.151. The fourth-order valence-electron chi connectivity index (χ4n) is 3.86. The minimum atomic E-state index is -0.464. The Morgan fingerprint density at radius 3 is 2.48 bits per heavy atom. The highest BCUT2D eigenvalue weighted by molar-refractivity contribution is 5.93. The van der Waals surface area contributed by atoms with Gasteiger partial charge in [-0.05, 0) is 36.5 Å². The standard InChI is InChI=1S/C21H28N2O4/c1-14(2)15-7-9-17(10-8-15)22-19(24)13-27-21(26)16-11-20(25)23(12-16)18-5-3-4-6-18/h7-10,14,16,18H,3-6,11-13H2,1-2H3,(H,22,24)/t16-/m1/s1. The van der Waals surface area contributed by atoms with Gasteiger partial charge in [0.1, 0.15) is 0 Å². The van der Waals surface area contributed by atoms with E-state index in [-0.39, 0.29) is 30.9 Å². The summed E-state index contributed by atoms with van der Waals surface area (Å²) >= 11 is 0. The van der Waals surface area contributed by atoms with Crippen LogP contribution in [0.5, 0.6) is 0 Å². The molecule has 0 bridgehead atoms. The van der Waals surface area contributed by atoms with Crippen molar-refractivity contribution in [1.29, 1.82) is 0 Å². The highest BCUT2D eigenvalue weighted by Crippen LogP contribution is 2.29. The molecule has 0 aromatic heterocycles. The number of benzene rings is 1. The summed E-state index contributed by atoms with van der Waals surface area (Å²) < 4.78 is 5.15. The summed E-state index contributed by atoms with van der Waals surface area (Å²) in [4.78, 5) is 38.3. The summed E-state index contributed by atoms with van der Waals surface area (Å²) in [5.41, 5.74) is 1.86. The maximum Gasteiger partial charge on any atom is 0.311 e. The number of hydrogen-bond donors (Lipinski definition) is 1. The number of carbonyl (C=O) groups excluding carboxylic acids is 3. The molecule has 1 saturated carbocycles. The molecule has 146 valence electrons. The molecule has 1 N–H and O–H groups in total. The van der Waals surface area contributed by atoms with Crippen LogP contribution in [0.3, 0.4) is 0 Å². The van der Waals surface area contributed by atoms with Gasteiger partial charge < -0.3 is 15.0 Å². The Labute approximate surface area is 160 Å². The summed E-state index contributed by atoms with van der Waals surface area (Å²) in [5, 5.41) is 2.72. The van der Waals surface area contributed by atoms with E-state index in [9.17, 15) is 14.4 Å². The first kappa shape index (κ1) is 19.4. The van der Waals surface area contributed by atoms with E-state index in [0.717, 1.165) is 25.7 Å². The van der Waals surface area contributed by atoms with Crippen molar-refractivity contribution in [2.45, 2.75) is 57.9 Å². The summed E-state index contributed by atoms with van der Waals surface area (Å²) in [6.45, 7) is 4.29. The topological polar surface area (TPSA) is 75.7 Å². The Balaban J connectivity index is 1.44. The average molecular weight is 372 g/mol. The summed E-state index contributed by atoms with van der Waals surface area (Å²) in [6, 6.07) is 7.88. The smallest absolute Gasteiger partial charge is 0.311 e. The number of esters is 1. The molecule has 1 aromatic carbocycles. The first-order chi connectivity index (χ1) is 12.9. The Morgan fingerprint density at radius 1 is 1.19 bits per heavy atom. The van der Waals surface area contributed by atoms with Crippen LogP contribution in [0.1, 0.15) is 57.4 Å². The van der Waals surface area contributed by atoms with Crippen LogP contribution in [-0.2, 0) is 19.1 Å². The molecule has 1 aliphatic carbocycles. The number of rotatable bonds is 6. The highest BCUT2D eigenvalue weighted by atomic mass is 16.5. The van der Waals surface area contributed by atoms with Crippen LogP contribution in [0, 0.1) is 5.92 Å². The van der Waals surface area contributed by atoms with Gasteiger partial charge in [0, 0.05) is 24.7 Å². The Hall–Kier alpha value is -2.37. The number of ether oxygens (including phenoxy) is 1. The van der Waals surface area contributed by atoms with Crippen LogP contribution < -0.4 is 5.32 Å². The van der Waals surface area contributed by atoms with E-state index in [1.807, 2.05) is 29.2 Å². The summed E-state index contributed by atoms with van der Waals surface area (Å²) in [5.74, 6) is -0.852. The van der Waals surface area contributed by atoms with Crippen LogP contribution in [0.15, 0.2) is 24.3 Å². The molecule has 0 unspecified atom stereocenters. The van der Waals surface area contributed by atoms with E-state index < -0.39 is 11.9 Å². The van der Waals surface area contributed by atoms with Crippen molar-refractivity contribution in [1.82, 2.24) is 4.90 Å². The van der Waals surface area contributed by atoms with Gasteiger partial charge in [-0.15, -0.1) is 0 Å². The number of likely N-dealkylation sites (tertiary alicyclic amines) is 1.